The molecule has 2 aromatic rings. The average Bonchev–Trinajstić information content (AvgIpc) is 2.90. The maximum atomic E-state index is 15.0. The zero-order chi connectivity index (χ0) is 29.2. The topological polar surface area (TPSA) is 18.5 Å². The van der Waals surface area contributed by atoms with E-state index < -0.39 is 64.3 Å². The Kier molecular flexibility index (Phi) is 9.19. The lowest BCUT2D eigenvalue weighted by atomic mass is 9.68. The molecule has 2 aromatic carbocycles. The minimum atomic E-state index is -4.70. The molecule has 0 N–H and O–H groups in total. The van der Waals surface area contributed by atoms with Gasteiger partial charge in [0.1, 0.15) is 11.3 Å². The van der Waals surface area contributed by atoms with E-state index in [1.54, 1.807) is 0 Å². The van der Waals surface area contributed by atoms with E-state index >= 15 is 0 Å². The Morgan fingerprint density at radius 2 is 1.25 bits per heavy atom. The highest BCUT2D eigenvalue weighted by Crippen LogP contribution is 2.46. The van der Waals surface area contributed by atoms with Gasteiger partial charge in [-0.3, -0.25) is 0 Å². The molecular weight excluding hydrogens is 551 g/mol. The summed E-state index contributed by atoms with van der Waals surface area (Å²) in [5, 5.41) is 0. The molecule has 0 aromatic heterocycles. The molecule has 0 saturated heterocycles. The lowest BCUT2D eigenvalue weighted by Crippen LogP contribution is -2.38. The molecule has 0 spiro atoms. The maximum absolute atomic E-state index is 15.0. The van der Waals surface area contributed by atoms with Crippen molar-refractivity contribution in [1.82, 2.24) is 0 Å². The lowest BCUT2D eigenvalue weighted by molar-refractivity contribution is -0.225. The monoisotopic (exact) mass is 582 g/mol. The maximum Gasteiger partial charge on any atom is 0.429 e. The molecule has 0 unspecified atom stereocenters. The molecule has 0 radical (unpaired) electrons. The van der Waals surface area contributed by atoms with Gasteiger partial charge in [0.25, 0.3) is 0 Å². The summed E-state index contributed by atoms with van der Waals surface area (Å²) in [6.45, 7) is 2.16. The highest BCUT2D eigenvalue weighted by atomic mass is 19.3. The predicted molar refractivity (Wildman–Crippen MR) is 129 cm³/mol. The van der Waals surface area contributed by atoms with Gasteiger partial charge in [-0.2, -0.15) is 22.0 Å². The zero-order valence-corrected chi connectivity index (χ0v) is 21.9. The molecule has 0 atom stereocenters. The number of alkyl halides is 4. The first-order chi connectivity index (χ1) is 18.8. The fourth-order valence-corrected chi connectivity index (χ4v) is 6.14. The Hall–Kier alpha value is -2.59. The number of hydrogen-bond donors (Lipinski definition) is 0. The number of halogens is 9. The number of ether oxygens (including phenoxy) is 2. The first-order valence-corrected chi connectivity index (χ1v) is 13.6. The summed E-state index contributed by atoms with van der Waals surface area (Å²) in [6.07, 6.45) is -0.341. The van der Waals surface area contributed by atoms with Crippen molar-refractivity contribution >= 4 is 0 Å². The number of hydrogen-bond acceptors (Lipinski definition) is 2. The fraction of sp³-hybridized carbons (Fsp3) is 0.586. The summed E-state index contributed by atoms with van der Waals surface area (Å²) in [7, 11) is 0. The Balaban J connectivity index is 1.39. The van der Waals surface area contributed by atoms with Crippen LogP contribution in [0.15, 0.2) is 24.3 Å². The van der Waals surface area contributed by atoms with Gasteiger partial charge in [-0.05, 0) is 68.4 Å². The molecule has 2 fully saturated rings. The Bertz CT molecular complexity index is 1150. The van der Waals surface area contributed by atoms with Gasteiger partial charge in [-0.15, -0.1) is 0 Å². The molecule has 0 aliphatic heterocycles. The van der Waals surface area contributed by atoms with Gasteiger partial charge >= 0.3 is 12.2 Å². The van der Waals surface area contributed by atoms with Crippen molar-refractivity contribution in [2.75, 3.05) is 0 Å². The molecule has 2 aliphatic carbocycles. The van der Waals surface area contributed by atoms with E-state index in [1.807, 2.05) is 0 Å². The Labute approximate surface area is 226 Å². The van der Waals surface area contributed by atoms with E-state index in [9.17, 15) is 39.5 Å². The highest BCUT2D eigenvalue weighted by Gasteiger charge is 2.46. The molecule has 2 nitrogen and oxygen atoms in total. The standard InChI is InChI=1S/C29H31F9O2/c1-2-3-16-4-6-17(7-5-16)18-8-10-19(11-9-18)28(35,36)40-24-13-12-21(25(32)27(24)34)29(37,38)39-20-14-22(30)26(33)23(31)15-20/h12-19H,2-11H2,1H3. The first-order valence-electron chi connectivity index (χ1n) is 13.6. The largest absolute Gasteiger partial charge is 0.429 e. The quantitative estimate of drug-likeness (QED) is 0.216. The van der Waals surface area contributed by atoms with E-state index in [1.165, 1.54) is 6.42 Å². The highest BCUT2D eigenvalue weighted by molar-refractivity contribution is 5.34. The van der Waals surface area contributed by atoms with Gasteiger partial charge in [-0.1, -0.05) is 32.6 Å². The van der Waals surface area contributed by atoms with Gasteiger partial charge in [0, 0.05) is 12.1 Å². The van der Waals surface area contributed by atoms with Crippen molar-refractivity contribution < 1.29 is 49.0 Å². The molecule has 0 bridgehead atoms. The molecule has 0 amide bonds. The summed E-state index contributed by atoms with van der Waals surface area (Å²) >= 11 is 0. The Morgan fingerprint density at radius 3 is 1.80 bits per heavy atom. The third kappa shape index (κ3) is 6.65. The van der Waals surface area contributed by atoms with Gasteiger partial charge in [0.15, 0.2) is 29.0 Å². The van der Waals surface area contributed by atoms with Crippen molar-refractivity contribution in [1.29, 1.82) is 0 Å². The molecule has 40 heavy (non-hydrogen) atoms. The van der Waals surface area contributed by atoms with E-state index in [0.717, 1.165) is 38.0 Å². The lowest BCUT2D eigenvalue weighted by Gasteiger charge is -2.39. The van der Waals surface area contributed by atoms with Crippen LogP contribution in [0.1, 0.15) is 76.7 Å². The third-order valence-electron chi connectivity index (χ3n) is 8.31. The third-order valence-corrected chi connectivity index (χ3v) is 8.31. The van der Waals surface area contributed by atoms with Crippen molar-refractivity contribution in [3.8, 4) is 11.5 Å². The first kappa shape index (κ1) is 30.4. The second-order valence-electron chi connectivity index (χ2n) is 10.9. The smallest absolute Gasteiger partial charge is 0.429 e. The van der Waals surface area contributed by atoms with Gasteiger partial charge in [-0.25, -0.2) is 17.6 Å². The van der Waals surface area contributed by atoms with E-state index in [2.05, 4.69) is 16.4 Å². The minimum absolute atomic E-state index is 0.0881. The summed E-state index contributed by atoms with van der Waals surface area (Å²) in [6, 6.07) is 0.854. The van der Waals surface area contributed by atoms with Crippen LogP contribution in [0.3, 0.4) is 0 Å². The summed E-state index contributed by atoms with van der Waals surface area (Å²) < 4.78 is 136. The van der Waals surface area contributed by atoms with Gasteiger partial charge in [0.05, 0.1) is 5.92 Å². The predicted octanol–water partition coefficient (Wildman–Crippen LogP) is 9.89. The number of benzene rings is 2. The average molecular weight is 583 g/mol. The SMILES string of the molecule is CCCC1CCC(C2CCC(C(F)(F)Oc3ccc(C(F)(F)Oc4cc(F)c(F)c(F)c4)c(F)c3F)CC2)CC1. The molecule has 11 heteroatoms. The summed E-state index contributed by atoms with van der Waals surface area (Å²) in [4.78, 5) is 0. The fourth-order valence-electron chi connectivity index (χ4n) is 6.14. The van der Waals surface area contributed by atoms with Crippen molar-refractivity contribution in [3.05, 3.63) is 58.9 Å². The van der Waals surface area contributed by atoms with E-state index in [0.29, 0.717) is 30.7 Å². The molecule has 2 aliphatic rings. The molecule has 2 saturated carbocycles. The van der Waals surface area contributed by atoms with Crippen LogP contribution in [-0.4, -0.2) is 6.11 Å². The summed E-state index contributed by atoms with van der Waals surface area (Å²) in [5.41, 5.74) is -1.74. The van der Waals surface area contributed by atoms with Crippen LogP contribution in [0.4, 0.5) is 39.5 Å². The Morgan fingerprint density at radius 1 is 0.700 bits per heavy atom. The van der Waals surface area contributed by atoms with Crippen molar-refractivity contribution in [2.24, 2.45) is 23.7 Å². The van der Waals surface area contributed by atoms with E-state index in [4.69, 9.17) is 0 Å². The normalized spacial score (nSPS) is 24.1. The van der Waals surface area contributed by atoms with Crippen LogP contribution < -0.4 is 9.47 Å². The number of rotatable bonds is 9. The second kappa shape index (κ2) is 12.1. The van der Waals surface area contributed by atoms with Gasteiger partial charge in [0.2, 0.25) is 5.82 Å². The van der Waals surface area contributed by atoms with Gasteiger partial charge < -0.3 is 9.47 Å². The molecule has 222 valence electrons. The minimum Gasteiger partial charge on any atom is -0.429 e. The molecular formula is C29H31F9O2. The second-order valence-corrected chi connectivity index (χ2v) is 10.9. The zero-order valence-electron chi connectivity index (χ0n) is 21.9. The van der Waals surface area contributed by atoms with Crippen LogP contribution in [0.2, 0.25) is 0 Å². The van der Waals surface area contributed by atoms with Crippen molar-refractivity contribution in [2.45, 2.75) is 83.3 Å². The van der Waals surface area contributed by atoms with Crippen LogP contribution >= 0.6 is 0 Å². The van der Waals surface area contributed by atoms with E-state index in [-0.39, 0.29) is 31.0 Å². The van der Waals surface area contributed by atoms with Crippen LogP contribution in [0.25, 0.3) is 0 Å². The van der Waals surface area contributed by atoms with Crippen LogP contribution in [0.5, 0.6) is 11.5 Å². The molecule has 0 heterocycles. The van der Waals surface area contributed by atoms with Crippen LogP contribution in [-0.2, 0) is 6.11 Å². The molecule has 4 rings (SSSR count). The van der Waals surface area contributed by atoms with Crippen LogP contribution in [0, 0.1) is 52.8 Å². The summed E-state index contributed by atoms with van der Waals surface area (Å²) in [5.74, 6) is -12.2. The van der Waals surface area contributed by atoms with Crippen molar-refractivity contribution in [3.63, 3.8) is 0 Å².